The van der Waals surface area contributed by atoms with Gasteiger partial charge in [-0.05, 0) is 37.8 Å². The lowest BCUT2D eigenvalue weighted by atomic mass is 10.0. The first-order valence-corrected chi connectivity index (χ1v) is 9.18. The van der Waals surface area contributed by atoms with Gasteiger partial charge in [0.15, 0.2) is 0 Å². The Bertz CT molecular complexity index is 1020. The van der Waals surface area contributed by atoms with E-state index in [2.05, 4.69) is 17.1 Å². The first kappa shape index (κ1) is 15.6. The van der Waals surface area contributed by atoms with Gasteiger partial charge in [-0.2, -0.15) is 0 Å². The van der Waals surface area contributed by atoms with Gasteiger partial charge in [-0.3, -0.25) is 4.79 Å². The molecule has 0 radical (unpaired) electrons. The van der Waals surface area contributed by atoms with Crippen LogP contribution in [-0.2, 0) is 0 Å². The minimum atomic E-state index is -1.16. The minimum absolute atomic E-state index is 0.150. The molecule has 5 rings (SSSR count). The molecular weight excluding hydrogens is 330 g/mol. The molecule has 0 bridgehead atoms. The van der Waals surface area contributed by atoms with Crippen molar-refractivity contribution in [2.75, 3.05) is 11.4 Å². The number of benzene rings is 1. The maximum absolute atomic E-state index is 12.8. The zero-order valence-corrected chi connectivity index (χ0v) is 14.4. The van der Waals surface area contributed by atoms with Crippen molar-refractivity contribution >= 4 is 28.6 Å². The number of hydrogen-bond acceptors (Lipinski definition) is 4. The smallest absolute Gasteiger partial charge is 0.341 e. The van der Waals surface area contributed by atoms with Crippen LogP contribution < -0.4 is 16.1 Å². The number of aromatic carboxylic acids is 1. The van der Waals surface area contributed by atoms with E-state index in [-0.39, 0.29) is 17.6 Å². The summed E-state index contributed by atoms with van der Waals surface area (Å²) in [6.07, 6.45) is 9.73. The molecule has 1 saturated carbocycles. The first-order chi connectivity index (χ1) is 12.5. The molecule has 0 amide bonds. The van der Waals surface area contributed by atoms with Crippen LogP contribution in [0.2, 0.25) is 0 Å². The highest BCUT2D eigenvalue weighted by atomic mass is 16.4. The van der Waals surface area contributed by atoms with Crippen LogP contribution in [0.25, 0.3) is 17.0 Å². The lowest BCUT2D eigenvalue weighted by Crippen LogP contribution is -2.30. The van der Waals surface area contributed by atoms with Gasteiger partial charge in [0.2, 0.25) is 5.43 Å². The van der Waals surface area contributed by atoms with Gasteiger partial charge in [-0.15, -0.1) is 0 Å². The molecule has 3 aliphatic rings. The van der Waals surface area contributed by atoms with Gasteiger partial charge in [0.05, 0.1) is 5.52 Å². The molecule has 26 heavy (non-hydrogen) atoms. The van der Waals surface area contributed by atoms with E-state index in [0.717, 1.165) is 49.0 Å². The van der Waals surface area contributed by atoms with Crippen molar-refractivity contribution < 1.29 is 9.90 Å². The first-order valence-electron chi connectivity index (χ1n) is 9.18. The molecule has 2 atom stereocenters. The molecule has 1 saturated heterocycles. The van der Waals surface area contributed by atoms with Crippen LogP contribution in [0.15, 0.2) is 29.2 Å². The van der Waals surface area contributed by atoms with Crippen LogP contribution >= 0.6 is 0 Å². The highest BCUT2D eigenvalue weighted by Crippen LogP contribution is 2.41. The second kappa shape index (κ2) is 5.45. The van der Waals surface area contributed by atoms with Crippen LogP contribution in [0, 0.1) is 0 Å². The van der Waals surface area contributed by atoms with Crippen molar-refractivity contribution in [3.8, 4) is 0 Å². The maximum Gasteiger partial charge on any atom is 0.341 e. The fraction of sp³-hybridized carbons (Fsp3) is 0.400. The van der Waals surface area contributed by atoms with Crippen LogP contribution in [0.4, 0.5) is 5.69 Å². The lowest BCUT2D eigenvalue weighted by Gasteiger charge is -2.27. The summed E-state index contributed by atoms with van der Waals surface area (Å²) in [6, 6.07) is 4.58. The Kier molecular flexibility index (Phi) is 3.28. The monoisotopic (exact) mass is 351 g/mol. The number of aromatic nitrogens is 1. The van der Waals surface area contributed by atoms with E-state index in [0.29, 0.717) is 11.4 Å². The summed E-state index contributed by atoms with van der Waals surface area (Å²) in [4.78, 5) is 26.7. The molecule has 1 aromatic carbocycles. The van der Waals surface area contributed by atoms with E-state index >= 15 is 0 Å². The molecular formula is C20H21N3O3. The summed E-state index contributed by atoms with van der Waals surface area (Å²) in [5.41, 5.74) is 8.61. The average Bonchev–Trinajstić information content (AvgIpc) is 3.40. The molecule has 2 fully saturated rings. The minimum Gasteiger partial charge on any atom is -0.477 e. The molecule has 6 heteroatoms. The summed E-state index contributed by atoms with van der Waals surface area (Å²) in [7, 11) is 0. The third-order valence-electron chi connectivity index (χ3n) is 5.83. The summed E-state index contributed by atoms with van der Waals surface area (Å²) >= 11 is 0. The molecule has 0 unspecified atom stereocenters. The van der Waals surface area contributed by atoms with Gasteiger partial charge in [0.1, 0.15) is 5.56 Å². The van der Waals surface area contributed by atoms with Crippen LogP contribution in [-0.4, -0.2) is 34.3 Å². The quantitative estimate of drug-likeness (QED) is 0.867. The number of pyridine rings is 1. The number of fused-ring (bicyclic) bond motifs is 5. The molecule has 1 aromatic heterocycles. The number of carbonyl (C=O) groups is 1. The van der Waals surface area contributed by atoms with E-state index in [4.69, 9.17) is 5.73 Å². The predicted octanol–water partition coefficient (Wildman–Crippen LogP) is 2.36. The number of hydrogen-bond donors (Lipinski definition) is 2. The van der Waals surface area contributed by atoms with Crippen molar-refractivity contribution in [3.05, 3.63) is 45.8 Å². The standard InChI is InChI=1S/C20H21N3O3/c21-11-8-13-2-1-3-14-17(22(13)9-11)7-6-15-18(14)23(12-4-5-12)10-16(19(15)24)20(25)26/h1,3,6-7,10-13H,2,4-5,8-9,21H2,(H,25,26)/t11-,13+/m0/s1. The van der Waals surface area contributed by atoms with Gasteiger partial charge in [0, 0.05) is 47.5 Å². The fourth-order valence-electron chi connectivity index (χ4n) is 4.49. The summed E-state index contributed by atoms with van der Waals surface area (Å²) < 4.78 is 2.01. The number of nitrogens with two attached hydrogens (primary N) is 1. The SMILES string of the molecule is N[C@H]1C[C@H]2CC=Cc3c(ccc4c(=O)c(C(=O)O)cn(C5CC5)c34)N2C1. The Labute approximate surface area is 150 Å². The largest absolute Gasteiger partial charge is 0.477 e. The predicted molar refractivity (Wildman–Crippen MR) is 101 cm³/mol. The fourth-order valence-corrected chi connectivity index (χ4v) is 4.49. The molecule has 1 aliphatic carbocycles. The molecule has 6 nitrogen and oxygen atoms in total. The molecule has 2 aromatic rings. The number of carboxylic acid groups (broad SMARTS) is 1. The summed E-state index contributed by atoms with van der Waals surface area (Å²) in [5, 5.41) is 9.93. The third kappa shape index (κ3) is 2.22. The van der Waals surface area contributed by atoms with E-state index in [1.54, 1.807) is 6.07 Å². The van der Waals surface area contributed by atoms with Crippen molar-refractivity contribution in [2.45, 2.75) is 43.8 Å². The van der Waals surface area contributed by atoms with Gasteiger partial charge >= 0.3 is 5.97 Å². The zero-order valence-electron chi connectivity index (χ0n) is 14.4. The Morgan fingerprint density at radius 2 is 2.04 bits per heavy atom. The van der Waals surface area contributed by atoms with Gasteiger partial charge in [-0.25, -0.2) is 4.79 Å². The lowest BCUT2D eigenvalue weighted by molar-refractivity contribution is 0.0695. The highest BCUT2D eigenvalue weighted by molar-refractivity contribution is 5.98. The number of anilines is 1. The molecule has 3 N–H and O–H groups in total. The second-order valence-electron chi connectivity index (χ2n) is 7.65. The Morgan fingerprint density at radius 3 is 2.77 bits per heavy atom. The molecule has 0 spiro atoms. The second-order valence-corrected chi connectivity index (χ2v) is 7.65. The summed E-state index contributed by atoms with van der Waals surface area (Å²) in [6.45, 7) is 0.811. The van der Waals surface area contributed by atoms with Crippen LogP contribution in [0.3, 0.4) is 0 Å². The van der Waals surface area contributed by atoms with E-state index < -0.39 is 11.4 Å². The van der Waals surface area contributed by atoms with Crippen molar-refractivity contribution in [1.29, 1.82) is 0 Å². The number of carboxylic acids is 1. The molecule has 3 heterocycles. The van der Waals surface area contributed by atoms with Gasteiger partial charge in [0.25, 0.3) is 0 Å². The van der Waals surface area contributed by atoms with E-state index in [9.17, 15) is 14.7 Å². The normalized spacial score (nSPS) is 24.4. The molecule has 2 aliphatic heterocycles. The number of nitrogens with zero attached hydrogens (tertiary/aromatic N) is 2. The van der Waals surface area contributed by atoms with Gasteiger partial charge in [-0.1, -0.05) is 12.2 Å². The van der Waals surface area contributed by atoms with E-state index in [1.807, 2.05) is 10.6 Å². The van der Waals surface area contributed by atoms with Crippen LogP contribution in [0.5, 0.6) is 0 Å². The topological polar surface area (TPSA) is 88.6 Å². The third-order valence-corrected chi connectivity index (χ3v) is 5.83. The van der Waals surface area contributed by atoms with Crippen molar-refractivity contribution in [2.24, 2.45) is 5.73 Å². The Hall–Kier alpha value is -2.60. The van der Waals surface area contributed by atoms with Crippen LogP contribution in [0.1, 0.15) is 47.6 Å². The highest BCUT2D eigenvalue weighted by Gasteiger charge is 2.34. The Balaban J connectivity index is 1.83. The zero-order chi connectivity index (χ0) is 18.0. The van der Waals surface area contributed by atoms with Crippen molar-refractivity contribution in [1.82, 2.24) is 4.57 Å². The number of rotatable bonds is 2. The molecule has 134 valence electrons. The van der Waals surface area contributed by atoms with E-state index in [1.165, 1.54) is 6.20 Å². The Morgan fingerprint density at radius 1 is 1.23 bits per heavy atom. The maximum atomic E-state index is 12.8. The summed E-state index contributed by atoms with van der Waals surface area (Å²) in [5.74, 6) is -1.16. The average molecular weight is 351 g/mol. The van der Waals surface area contributed by atoms with Gasteiger partial charge < -0.3 is 20.3 Å². The van der Waals surface area contributed by atoms with Crippen molar-refractivity contribution in [3.63, 3.8) is 0 Å².